The van der Waals surface area contributed by atoms with Gasteiger partial charge in [0.25, 0.3) is 0 Å². The summed E-state index contributed by atoms with van der Waals surface area (Å²) < 4.78 is 2.77. The van der Waals surface area contributed by atoms with Crippen LogP contribution in [0.3, 0.4) is 0 Å². The summed E-state index contributed by atoms with van der Waals surface area (Å²) in [5, 5.41) is 2.90. The zero-order chi connectivity index (χ0) is 21.6. The van der Waals surface area contributed by atoms with Crippen molar-refractivity contribution in [2.24, 2.45) is 0 Å². The van der Waals surface area contributed by atoms with E-state index < -0.39 is 11.1 Å². The fraction of sp³-hybridized carbons (Fsp3) is 0.375. The molecule has 0 spiro atoms. The number of nitrogens with one attached hydrogen (secondary N) is 1. The lowest BCUT2D eigenvalue weighted by Crippen LogP contribution is -2.45. The minimum atomic E-state index is -0.680. The predicted molar refractivity (Wildman–Crippen MR) is 121 cm³/mol. The highest BCUT2D eigenvalue weighted by Crippen LogP contribution is 2.12. The van der Waals surface area contributed by atoms with Crippen molar-refractivity contribution in [3.8, 4) is 0 Å². The molecule has 1 saturated heterocycles. The van der Waals surface area contributed by atoms with E-state index in [1.165, 1.54) is 28.4 Å². The molecule has 2 heterocycles. The van der Waals surface area contributed by atoms with Gasteiger partial charge in [-0.1, -0.05) is 48.9 Å². The SMILES string of the molecule is O=C(Cn1c(=O)c(=O)n(Cc2ccccc2)c2ccccc21)NCCN1CCCCC1. The Morgan fingerprint density at radius 1 is 0.806 bits per heavy atom. The molecule has 162 valence electrons. The number of para-hydroxylation sites is 2. The molecule has 1 aliphatic heterocycles. The third-order valence-electron chi connectivity index (χ3n) is 5.82. The molecule has 0 aliphatic carbocycles. The van der Waals surface area contributed by atoms with Gasteiger partial charge in [-0.3, -0.25) is 23.5 Å². The van der Waals surface area contributed by atoms with Crippen molar-refractivity contribution in [2.45, 2.75) is 32.4 Å². The van der Waals surface area contributed by atoms with Crippen LogP contribution in [0.2, 0.25) is 0 Å². The molecular weight excluding hydrogens is 392 g/mol. The Morgan fingerprint density at radius 2 is 1.42 bits per heavy atom. The van der Waals surface area contributed by atoms with Gasteiger partial charge in [-0.2, -0.15) is 0 Å². The number of hydrogen-bond donors (Lipinski definition) is 1. The van der Waals surface area contributed by atoms with Gasteiger partial charge in [-0.05, 0) is 43.6 Å². The number of carbonyl (C=O) groups excluding carboxylic acids is 1. The summed E-state index contributed by atoms with van der Waals surface area (Å²) in [6.45, 7) is 3.62. The van der Waals surface area contributed by atoms with Gasteiger partial charge >= 0.3 is 11.1 Å². The summed E-state index contributed by atoms with van der Waals surface area (Å²) in [4.78, 5) is 40.7. The maximum atomic E-state index is 12.9. The first-order valence-corrected chi connectivity index (χ1v) is 10.9. The largest absolute Gasteiger partial charge is 0.353 e. The number of benzene rings is 2. The number of hydrogen-bond acceptors (Lipinski definition) is 4. The Balaban J connectivity index is 1.55. The van der Waals surface area contributed by atoms with E-state index in [1.54, 1.807) is 6.07 Å². The van der Waals surface area contributed by atoms with Crippen molar-refractivity contribution in [3.05, 3.63) is 80.9 Å². The van der Waals surface area contributed by atoms with E-state index in [2.05, 4.69) is 10.2 Å². The minimum Gasteiger partial charge on any atom is -0.353 e. The van der Waals surface area contributed by atoms with Crippen molar-refractivity contribution in [3.63, 3.8) is 0 Å². The van der Waals surface area contributed by atoms with Gasteiger partial charge in [-0.25, -0.2) is 0 Å². The van der Waals surface area contributed by atoms with Crippen LogP contribution >= 0.6 is 0 Å². The van der Waals surface area contributed by atoms with Crippen LogP contribution in [-0.2, 0) is 17.9 Å². The molecule has 1 aliphatic rings. The summed E-state index contributed by atoms with van der Waals surface area (Å²) >= 11 is 0. The standard InChI is InChI=1S/C24H28N4O3/c29-22(25-13-16-26-14-7-2-8-15-26)18-28-21-12-6-5-11-20(21)27(23(30)24(28)31)17-19-9-3-1-4-10-19/h1,3-6,9-12H,2,7-8,13-18H2,(H,25,29). The number of rotatable bonds is 7. The van der Waals surface area contributed by atoms with Crippen LogP contribution in [0.4, 0.5) is 0 Å². The third-order valence-corrected chi connectivity index (χ3v) is 5.82. The Morgan fingerprint density at radius 3 is 2.13 bits per heavy atom. The monoisotopic (exact) mass is 420 g/mol. The molecule has 7 heteroatoms. The van der Waals surface area contributed by atoms with E-state index in [4.69, 9.17) is 0 Å². The Labute approximate surface area is 180 Å². The lowest BCUT2D eigenvalue weighted by Gasteiger charge is -2.26. The van der Waals surface area contributed by atoms with Gasteiger partial charge in [0.15, 0.2) is 0 Å². The Kier molecular flexibility index (Phi) is 6.62. The molecule has 3 aromatic rings. The van der Waals surface area contributed by atoms with Gasteiger partial charge in [-0.15, -0.1) is 0 Å². The average Bonchev–Trinajstić information content (AvgIpc) is 2.81. The fourth-order valence-electron chi connectivity index (χ4n) is 4.19. The highest BCUT2D eigenvalue weighted by Gasteiger charge is 2.16. The number of nitrogens with zero attached hydrogens (tertiary/aromatic N) is 3. The molecule has 2 aromatic carbocycles. The highest BCUT2D eigenvalue weighted by atomic mass is 16.2. The number of carbonyl (C=O) groups is 1. The van der Waals surface area contributed by atoms with Gasteiger partial charge < -0.3 is 10.2 Å². The minimum absolute atomic E-state index is 0.166. The van der Waals surface area contributed by atoms with E-state index >= 15 is 0 Å². The molecule has 1 aromatic heterocycles. The summed E-state index contributed by atoms with van der Waals surface area (Å²) in [6, 6.07) is 16.8. The Hall–Kier alpha value is -3.19. The zero-order valence-corrected chi connectivity index (χ0v) is 17.6. The van der Waals surface area contributed by atoms with Gasteiger partial charge in [0.05, 0.1) is 17.6 Å². The second-order valence-corrected chi connectivity index (χ2v) is 8.01. The first kappa shape index (κ1) is 21.1. The fourth-order valence-corrected chi connectivity index (χ4v) is 4.19. The normalized spacial score (nSPS) is 14.6. The number of amides is 1. The van der Waals surface area contributed by atoms with Crippen LogP contribution in [0.1, 0.15) is 24.8 Å². The maximum absolute atomic E-state index is 12.9. The van der Waals surface area contributed by atoms with Crippen LogP contribution in [-0.4, -0.2) is 46.1 Å². The molecule has 0 bridgehead atoms. The molecule has 31 heavy (non-hydrogen) atoms. The maximum Gasteiger partial charge on any atom is 0.317 e. The van der Waals surface area contributed by atoms with Crippen LogP contribution in [0.15, 0.2) is 64.2 Å². The molecule has 1 N–H and O–H groups in total. The number of piperidine rings is 1. The van der Waals surface area contributed by atoms with Crippen LogP contribution in [0.25, 0.3) is 11.0 Å². The van der Waals surface area contributed by atoms with E-state index in [-0.39, 0.29) is 12.5 Å². The van der Waals surface area contributed by atoms with Crippen molar-refractivity contribution >= 4 is 16.9 Å². The van der Waals surface area contributed by atoms with E-state index in [1.807, 2.05) is 48.5 Å². The molecule has 0 saturated carbocycles. The molecule has 7 nitrogen and oxygen atoms in total. The number of likely N-dealkylation sites (tertiary alicyclic amines) is 1. The first-order chi connectivity index (χ1) is 15.1. The topological polar surface area (TPSA) is 76.3 Å². The second kappa shape index (κ2) is 9.75. The summed E-state index contributed by atoms with van der Waals surface area (Å²) in [5.41, 5.74) is 0.845. The van der Waals surface area contributed by atoms with Crippen molar-refractivity contribution in [1.29, 1.82) is 0 Å². The van der Waals surface area contributed by atoms with E-state index in [0.717, 1.165) is 25.2 Å². The van der Waals surface area contributed by atoms with E-state index in [9.17, 15) is 14.4 Å². The number of aromatic nitrogens is 2. The number of fused-ring (bicyclic) bond motifs is 1. The molecule has 4 rings (SSSR count). The summed E-state index contributed by atoms with van der Waals surface area (Å²) in [5.74, 6) is -0.260. The molecule has 0 atom stereocenters. The first-order valence-electron chi connectivity index (χ1n) is 10.9. The van der Waals surface area contributed by atoms with Gasteiger partial charge in [0.1, 0.15) is 6.54 Å². The smallest absolute Gasteiger partial charge is 0.317 e. The van der Waals surface area contributed by atoms with Gasteiger partial charge in [0, 0.05) is 13.1 Å². The van der Waals surface area contributed by atoms with Crippen molar-refractivity contribution in [1.82, 2.24) is 19.4 Å². The van der Waals surface area contributed by atoms with Crippen LogP contribution in [0.5, 0.6) is 0 Å². The molecule has 1 amide bonds. The lowest BCUT2D eigenvalue weighted by molar-refractivity contribution is -0.121. The predicted octanol–water partition coefficient (Wildman–Crippen LogP) is 1.81. The summed E-state index contributed by atoms with van der Waals surface area (Å²) in [7, 11) is 0. The third kappa shape index (κ3) is 4.94. The lowest BCUT2D eigenvalue weighted by atomic mass is 10.1. The van der Waals surface area contributed by atoms with E-state index in [0.29, 0.717) is 24.1 Å². The van der Waals surface area contributed by atoms with Crippen molar-refractivity contribution < 1.29 is 4.79 Å². The van der Waals surface area contributed by atoms with Gasteiger partial charge in [0.2, 0.25) is 5.91 Å². The average molecular weight is 421 g/mol. The molecular formula is C24H28N4O3. The second-order valence-electron chi connectivity index (χ2n) is 8.01. The van der Waals surface area contributed by atoms with Crippen LogP contribution in [0, 0.1) is 0 Å². The quantitative estimate of drug-likeness (QED) is 0.592. The molecule has 0 unspecified atom stereocenters. The Bertz CT molecular complexity index is 1160. The summed E-state index contributed by atoms with van der Waals surface area (Å²) in [6.07, 6.45) is 3.68. The molecule has 1 fully saturated rings. The van der Waals surface area contributed by atoms with Crippen LogP contribution < -0.4 is 16.4 Å². The highest BCUT2D eigenvalue weighted by molar-refractivity contribution is 5.80. The van der Waals surface area contributed by atoms with Crippen molar-refractivity contribution in [2.75, 3.05) is 26.2 Å². The molecule has 0 radical (unpaired) electrons. The zero-order valence-electron chi connectivity index (χ0n) is 17.6.